The largest absolute Gasteiger partial charge is 0.476 e. The van der Waals surface area contributed by atoms with Crippen LogP contribution in [0.4, 0.5) is 23.7 Å². The lowest BCUT2D eigenvalue weighted by Gasteiger charge is -2.42. The van der Waals surface area contributed by atoms with E-state index >= 15 is 0 Å². The van der Waals surface area contributed by atoms with Crippen LogP contribution in [0.15, 0.2) is 12.1 Å². The van der Waals surface area contributed by atoms with Crippen molar-refractivity contribution in [2.45, 2.75) is 97.2 Å². The third kappa shape index (κ3) is 7.44. The number of ether oxygens (including phenoxy) is 3. The fourth-order valence-corrected chi connectivity index (χ4v) is 5.25. The first-order valence-electron chi connectivity index (χ1n) is 13.9. The molecule has 12 heteroatoms. The summed E-state index contributed by atoms with van der Waals surface area (Å²) in [5, 5.41) is 0. The van der Waals surface area contributed by atoms with E-state index < -0.39 is 58.5 Å². The van der Waals surface area contributed by atoms with Gasteiger partial charge in [0, 0.05) is 39.4 Å². The van der Waals surface area contributed by atoms with Gasteiger partial charge in [-0.05, 0) is 79.9 Å². The molecule has 2 aliphatic rings. The van der Waals surface area contributed by atoms with Gasteiger partial charge in [0.05, 0.1) is 22.9 Å². The summed E-state index contributed by atoms with van der Waals surface area (Å²) < 4.78 is 59.6. The molecule has 2 heterocycles. The standard InChI is InChI=1S/C29H42F3N3O6/c1-18(2)35(19-11-9-12-33(17-19)26(38)41-27(3,4)5)24(36)20-15-22-23(16-21(20)29(30,31)32)40-28(6,7)25(37)34(22)13-10-14-39-8/h15-16,18-19H,9-14,17H2,1-8H3/t19-/m1/s1. The van der Waals surface area contributed by atoms with E-state index in [-0.39, 0.29) is 24.5 Å². The molecule has 0 aromatic heterocycles. The minimum atomic E-state index is -4.87. The van der Waals surface area contributed by atoms with Gasteiger partial charge in [-0.15, -0.1) is 0 Å². The van der Waals surface area contributed by atoms with Gasteiger partial charge >= 0.3 is 12.3 Å². The Kier molecular flexibility index (Phi) is 9.57. The van der Waals surface area contributed by atoms with Gasteiger partial charge in [-0.1, -0.05) is 0 Å². The molecule has 1 saturated heterocycles. The number of hydrogen-bond acceptors (Lipinski definition) is 6. The SMILES string of the molecule is COCCCN1C(=O)C(C)(C)Oc2cc(C(F)(F)F)c(C(=O)N(C(C)C)[C@@H]3CCCN(C(=O)OC(C)(C)C)C3)cc21. The van der Waals surface area contributed by atoms with Crippen molar-refractivity contribution in [2.75, 3.05) is 38.3 Å². The Balaban J connectivity index is 2.06. The number of methoxy groups -OCH3 is 1. The highest BCUT2D eigenvalue weighted by atomic mass is 19.4. The van der Waals surface area contributed by atoms with Gasteiger partial charge in [-0.25, -0.2) is 4.79 Å². The molecule has 3 amide bonds. The average molecular weight is 586 g/mol. The highest BCUT2D eigenvalue weighted by molar-refractivity contribution is 6.05. The molecule has 0 N–H and O–H groups in total. The summed E-state index contributed by atoms with van der Waals surface area (Å²) >= 11 is 0. The van der Waals surface area contributed by atoms with Crippen LogP contribution in [-0.2, 0) is 20.4 Å². The smallest absolute Gasteiger partial charge is 0.417 e. The van der Waals surface area contributed by atoms with Gasteiger partial charge in [-0.2, -0.15) is 13.2 Å². The average Bonchev–Trinajstić information content (AvgIpc) is 2.84. The molecule has 0 aliphatic carbocycles. The van der Waals surface area contributed by atoms with Crippen LogP contribution in [0, 0.1) is 0 Å². The molecule has 41 heavy (non-hydrogen) atoms. The topological polar surface area (TPSA) is 88.6 Å². The zero-order chi connectivity index (χ0) is 30.9. The molecule has 2 aliphatic heterocycles. The minimum absolute atomic E-state index is 0.101. The molecule has 1 atom stereocenters. The number of rotatable bonds is 7. The second-order valence-electron chi connectivity index (χ2n) is 12.3. The first-order chi connectivity index (χ1) is 18.9. The van der Waals surface area contributed by atoms with Crippen molar-refractivity contribution in [3.05, 3.63) is 23.3 Å². The molecule has 0 spiro atoms. The van der Waals surface area contributed by atoms with Crippen LogP contribution in [-0.4, -0.2) is 84.3 Å². The molecule has 0 saturated carbocycles. The predicted octanol–water partition coefficient (Wildman–Crippen LogP) is 5.50. The summed E-state index contributed by atoms with van der Waals surface area (Å²) in [6.45, 7) is 12.7. The van der Waals surface area contributed by atoms with E-state index in [9.17, 15) is 27.6 Å². The van der Waals surface area contributed by atoms with E-state index in [4.69, 9.17) is 14.2 Å². The van der Waals surface area contributed by atoms with Crippen molar-refractivity contribution in [3.63, 3.8) is 0 Å². The number of benzene rings is 1. The lowest BCUT2D eigenvalue weighted by atomic mass is 9.96. The normalized spacial score (nSPS) is 19.1. The summed E-state index contributed by atoms with van der Waals surface area (Å²) in [5.74, 6) is -1.39. The second-order valence-corrected chi connectivity index (χ2v) is 12.3. The van der Waals surface area contributed by atoms with Gasteiger partial charge in [0.2, 0.25) is 0 Å². The van der Waals surface area contributed by atoms with Gasteiger partial charge in [-0.3, -0.25) is 9.59 Å². The summed E-state index contributed by atoms with van der Waals surface area (Å²) in [5.41, 5.74) is -3.73. The number of halogens is 3. The highest BCUT2D eigenvalue weighted by Gasteiger charge is 2.45. The number of amides is 3. The predicted molar refractivity (Wildman–Crippen MR) is 147 cm³/mol. The third-order valence-electron chi connectivity index (χ3n) is 7.01. The molecule has 3 rings (SSSR count). The molecule has 1 aromatic carbocycles. The molecule has 0 radical (unpaired) electrons. The highest BCUT2D eigenvalue weighted by Crippen LogP contribution is 2.44. The minimum Gasteiger partial charge on any atom is -0.476 e. The van der Waals surface area contributed by atoms with Crippen molar-refractivity contribution in [3.8, 4) is 5.75 Å². The Morgan fingerprint density at radius 2 is 1.85 bits per heavy atom. The van der Waals surface area contributed by atoms with E-state index in [1.165, 1.54) is 35.7 Å². The van der Waals surface area contributed by atoms with Crippen LogP contribution in [0.5, 0.6) is 5.75 Å². The Hall–Kier alpha value is -3.02. The number of fused-ring (bicyclic) bond motifs is 1. The molecule has 9 nitrogen and oxygen atoms in total. The fourth-order valence-electron chi connectivity index (χ4n) is 5.25. The van der Waals surface area contributed by atoms with E-state index in [0.29, 0.717) is 32.4 Å². The molecule has 230 valence electrons. The van der Waals surface area contributed by atoms with E-state index in [1.807, 2.05) is 0 Å². The summed E-state index contributed by atoms with van der Waals surface area (Å²) in [7, 11) is 1.51. The van der Waals surface area contributed by atoms with E-state index in [1.54, 1.807) is 34.6 Å². The second kappa shape index (κ2) is 12.1. The van der Waals surface area contributed by atoms with Crippen molar-refractivity contribution < 1.29 is 41.8 Å². The number of hydrogen-bond donors (Lipinski definition) is 0. The molecule has 0 bridgehead atoms. The zero-order valence-corrected chi connectivity index (χ0v) is 25.2. The number of piperidine rings is 1. The van der Waals surface area contributed by atoms with Crippen LogP contribution in [0.3, 0.4) is 0 Å². The molecule has 1 aromatic rings. The number of carbonyl (C=O) groups is 3. The Labute approximate surface area is 239 Å². The molecular formula is C29H42F3N3O6. The lowest BCUT2D eigenvalue weighted by molar-refractivity contribution is -0.138. The maximum absolute atomic E-state index is 14.4. The van der Waals surface area contributed by atoms with Gasteiger partial charge in [0.1, 0.15) is 11.4 Å². The number of anilines is 1. The van der Waals surface area contributed by atoms with Gasteiger partial charge < -0.3 is 28.9 Å². The maximum Gasteiger partial charge on any atom is 0.417 e. The third-order valence-corrected chi connectivity index (χ3v) is 7.01. The molecular weight excluding hydrogens is 543 g/mol. The van der Waals surface area contributed by atoms with Crippen LogP contribution < -0.4 is 9.64 Å². The zero-order valence-electron chi connectivity index (χ0n) is 25.2. The van der Waals surface area contributed by atoms with Crippen molar-refractivity contribution >= 4 is 23.6 Å². The van der Waals surface area contributed by atoms with E-state index in [2.05, 4.69) is 0 Å². The van der Waals surface area contributed by atoms with Gasteiger partial charge in [0.25, 0.3) is 11.8 Å². The van der Waals surface area contributed by atoms with Gasteiger partial charge in [0.15, 0.2) is 5.60 Å². The van der Waals surface area contributed by atoms with Crippen molar-refractivity contribution in [2.24, 2.45) is 0 Å². The summed E-state index contributed by atoms with van der Waals surface area (Å²) in [6, 6.07) is 0.921. The monoisotopic (exact) mass is 585 g/mol. The number of nitrogens with zero attached hydrogens (tertiary/aromatic N) is 3. The van der Waals surface area contributed by atoms with E-state index in [0.717, 1.165) is 12.1 Å². The van der Waals surface area contributed by atoms with Crippen molar-refractivity contribution in [1.29, 1.82) is 0 Å². The number of alkyl halides is 3. The molecule has 0 unspecified atom stereocenters. The Bertz CT molecular complexity index is 1150. The molecule has 1 fully saturated rings. The Morgan fingerprint density at radius 3 is 2.41 bits per heavy atom. The first kappa shape index (κ1) is 32.5. The number of carbonyl (C=O) groups excluding carboxylic acids is 3. The van der Waals surface area contributed by atoms with Crippen LogP contribution in [0.2, 0.25) is 0 Å². The number of likely N-dealkylation sites (tertiary alicyclic amines) is 1. The quantitative estimate of drug-likeness (QED) is 0.393. The lowest BCUT2D eigenvalue weighted by Crippen LogP contribution is -2.55. The van der Waals surface area contributed by atoms with Crippen LogP contribution in [0.1, 0.15) is 83.7 Å². The van der Waals surface area contributed by atoms with Crippen molar-refractivity contribution in [1.82, 2.24) is 9.80 Å². The van der Waals surface area contributed by atoms with Crippen LogP contribution >= 0.6 is 0 Å². The first-order valence-corrected chi connectivity index (χ1v) is 13.9. The summed E-state index contributed by atoms with van der Waals surface area (Å²) in [4.78, 5) is 44.3. The van der Waals surface area contributed by atoms with Crippen LogP contribution in [0.25, 0.3) is 0 Å². The fraction of sp³-hybridized carbons (Fsp3) is 0.690. The maximum atomic E-state index is 14.4. The summed E-state index contributed by atoms with van der Waals surface area (Å²) in [6.07, 6.45) is -3.90. The Morgan fingerprint density at radius 1 is 1.20 bits per heavy atom.